The van der Waals surface area contributed by atoms with Gasteiger partial charge in [0.25, 0.3) is 5.91 Å². The summed E-state index contributed by atoms with van der Waals surface area (Å²) in [5.74, 6) is -0.306. The standard InChI is InChI=1S/C14H18BrN3O2/c1-9-11(6-10(15)7-12(9)16)14(20)17-8-13(19)18-4-2-3-5-18/h6-7H,2-5,8,16H2,1H3,(H,17,20). The fourth-order valence-electron chi connectivity index (χ4n) is 2.27. The molecule has 1 aliphatic heterocycles. The molecule has 0 atom stereocenters. The molecule has 0 bridgehead atoms. The van der Waals surface area contributed by atoms with E-state index < -0.39 is 0 Å². The number of nitrogens with one attached hydrogen (secondary N) is 1. The number of nitrogens with two attached hydrogens (primary N) is 1. The monoisotopic (exact) mass is 339 g/mol. The third-order valence-corrected chi connectivity index (χ3v) is 3.97. The van der Waals surface area contributed by atoms with Crippen LogP contribution >= 0.6 is 15.9 Å². The van der Waals surface area contributed by atoms with Crippen molar-refractivity contribution in [3.63, 3.8) is 0 Å². The number of nitrogen functional groups attached to an aromatic ring is 1. The maximum absolute atomic E-state index is 12.1. The Hall–Kier alpha value is -1.56. The number of nitrogens with zero attached hydrogens (tertiary/aromatic N) is 1. The van der Waals surface area contributed by atoms with Gasteiger partial charge in [0.15, 0.2) is 0 Å². The van der Waals surface area contributed by atoms with E-state index in [0.29, 0.717) is 11.3 Å². The minimum absolute atomic E-state index is 0.0310. The van der Waals surface area contributed by atoms with E-state index in [1.54, 1.807) is 24.0 Å². The summed E-state index contributed by atoms with van der Waals surface area (Å²) in [7, 11) is 0. The first-order valence-electron chi connectivity index (χ1n) is 6.60. The molecular weight excluding hydrogens is 322 g/mol. The zero-order chi connectivity index (χ0) is 14.7. The summed E-state index contributed by atoms with van der Waals surface area (Å²) in [4.78, 5) is 25.8. The molecule has 1 aromatic rings. The van der Waals surface area contributed by atoms with Crippen LogP contribution in [-0.2, 0) is 4.79 Å². The quantitative estimate of drug-likeness (QED) is 0.823. The van der Waals surface area contributed by atoms with Crippen LogP contribution in [0.3, 0.4) is 0 Å². The topological polar surface area (TPSA) is 75.4 Å². The van der Waals surface area contributed by atoms with Gasteiger partial charge in [0.05, 0.1) is 6.54 Å². The average molecular weight is 340 g/mol. The number of hydrogen-bond acceptors (Lipinski definition) is 3. The van der Waals surface area contributed by atoms with Gasteiger partial charge >= 0.3 is 0 Å². The summed E-state index contributed by atoms with van der Waals surface area (Å²) in [6, 6.07) is 3.46. The molecule has 1 heterocycles. The molecule has 0 saturated carbocycles. The van der Waals surface area contributed by atoms with Crippen molar-refractivity contribution >= 4 is 33.4 Å². The van der Waals surface area contributed by atoms with E-state index in [-0.39, 0.29) is 18.4 Å². The first kappa shape index (κ1) is 14.8. The molecule has 0 aliphatic carbocycles. The molecule has 2 rings (SSSR count). The van der Waals surface area contributed by atoms with Gasteiger partial charge in [-0.1, -0.05) is 15.9 Å². The maximum atomic E-state index is 12.1. The van der Waals surface area contributed by atoms with E-state index in [9.17, 15) is 9.59 Å². The van der Waals surface area contributed by atoms with Gasteiger partial charge in [0.1, 0.15) is 0 Å². The predicted molar refractivity (Wildman–Crippen MR) is 81.4 cm³/mol. The summed E-state index contributed by atoms with van der Waals surface area (Å²) in [5, 5.41) is 2.66. The summed E-state index contributed by atoms with van der Waals surface area (Å²) < 4.78 is 0.747. The van der Waals surface area contributed by atoms with Crippen LogP contribution < -0.4 is 11.1 Å². The number of carbonyl (C=O) groups excluding carboxylic acids is 2. The molecule has 0 radical (unpaired) electrons. The third-order valence-electron chi connectivity index (χ3n) is 3.52. The van der Waals surface area contributed by atoms with Gasteiger partial charge < -0.3 is 16.0 Å². The van der Waals surface area contributed by atoms with Crippen molar-refractivity contribution in [3.05, 3.63) is 27.7 Å². The van der Waals surface area contributed by atoms with E-state index in [4.69, 9.17) is 5.73 Å². The van der Waals surface area contributed by atoms with Crippen molar-refractivity contribution in [2.45, 2.75) is 19.8 Å². The second-order valence-corrected chi connectivity index (χ2v) is 5.85. The molecule has 3 N–H and O–H groups in total. The summed E-state index contributed by atoms with van der Waals surface area (Å²) in [5.41, 5.74) is 7.59. The van der Waals surface area contributed by atoms with Crippen molar-refractivity contribution in [3.8, 4) is 0 Å². The van der Waals surface area contributed by atoms with E-state index in [1.807, 2.05) is 0 Å². The lowest BCUT2D eigenvalue weighted by Gasteiger charge is -2.16. The highest BCUT2D eigenvalue weighted by atomic mass is 79.9. The molecule has 6 heteroatoms. The fourth-order valence-corrected chi connectivity index (χ4v) is 2.74. The van der Waals surface area contributed by atoms with E-state index >= 15 is 0 Å². The minimum Gasteiger partial charge on any atom is -0.398 e. The molecule has 1 fully saturated rings. The van der Waals surface area contributed by atoms with Gasteiger partial charge in [0.2, 0.25) is 5.91 Å². The van der Waals surface area contributed by atoms with Gasteiger partial charge in [-0.25, -0.2) is 0 Å². The molecule has 1 aromatic carbocycles. The molecule has 2 amide bonds. The Balaban J connectivity index is 2.00. The van der Waals surface area contributed by atoms with E-state index in [1.165, 1.54) is 0 Å². The van der Waals surface area contributed by atoms with Gasteiger partial charge in [-0.2, -0.15) is 0 Å². The number of carbonyl (C=O) groups is 2. The number of benzene rings is 1. The molecule has 0 unspecified atom stereocenters. The first-order valence-corrected chi connectivity index (χ1v) is 7.40. The third kappa shape index (κ3) is 3.30. The molecule has 108 valence electrons. The lowest BCUT2D eigenvalue weighted by Crippen LogP contribution is -2.38. The number of rotatable bonds is 3. The highest BCUT2D eigenvalue weighted by molar-refractivity contribution is 9.10. The Labute approximate surface area is 126 Å². The summed E-state index contributed by atoms with van der Waals surface area (Å²) in [6.45, 7) is 3.40. The van der Waals surface area contributed by atoms with E-state index in [0.717, 1.165) is 36.0 Å². The average Bonchev–Trinajstić information content (AvgIpc) is 2.93. The van der Waals surface area contributed by atoms with Crippen LogP contribution in [0.15, 0.2) is 16.6 Å². The van der Waals surface area contributed by atoms with Gasteiger partial charge in [-0.3, -0.25) is 9.59 Å². The Morgan fingerprint density at radius 1 is 1.35 bits per heavy atom. The Bertz CT molecular complexity index is 539. The second kappa shape index (κ2) is 6.26. The SMILES string of the molecule is Cc1c(N)cc(Br)cc1C(=O)NCC(=O)N1CCCC1. The second-order valence-electron chi connectivity index (χ2n) is 4.94. The number of hydrogen-bond donors (Lipinski definition) is 2. The van der Waals surface area contributed by atoms with Crippen LogP contribution in [0.5, 0.6) is 0 Å². The zero-order valence-electron chi connectivity index (χ0n) is 11.4. The largest absolute Gasteiger partial charge is 0.398 e. The summed E-state index contributed by atoms with van der Waals surface area (Å²) >= 11 is 3.31. The number of anilines is 1. The number of likely N-dealkylation sites (tertiary alicyclic amines) is 1. The Morgan fingerprint density at radius 2 is 2.00 bits per heavy atom. The van der Waals surface area contributed by atoms with Crippen LogP contribution in [0.4, 0.5) is 5.69 Å². The van der Waals surface area contributed by atoms with Gasteiger partial charge in [-0.05, 0) is 37.5 Å². The summed E-state index contributed by atoms with van der Waals surface area (Å²) in [6.07, 6.45) is 2.09. The molecule has 0 spiro atoms. The van der Waals surface area contributed by atoms with Crippen LogP contribution in [0.1, 0.15) is 28.8 Å². The van der Waals surface area contributed by atoms with E-state index in [2.05, 4.69) is 21.2 Å². The lowest BCUT2D eigenvalue weighted by molar-refractivity contribution is -0.129. The Kier molecular flexibility index (Phi) is 4.65. The van der Waals surface area contributed by atoms with Crippen molar-refractivity contribution in [2.24, 2.45) is 0 Å². The fraction of sp³-hybridized carbons (Fsp3) is 0.429. The molecular formula is C14H18BrN3O2. The van der Waals surface area contributed by atoms with Crippen LogP contribution in [0, 0.1) is 6.92 Å². The highest BCUT2D eigenvalue weighted by Gasteiger charge is 2.19. The molecule has 0 aromatic heterocycles. The highest BCUT2D eigenvalue weighted by Crippen LogP contribution is 2.22. The van der Waals surface area contributed by atoms with Crippen molar-refractivity contribution < 1.29 is 9.59 Å². The predicted octanol–water partition coefficient (Wildman–Crippen LogP) is 1.69. The minimum atomic E-state index is -0.275. The van der Waals surface area contributed by atoms with Gasteiger partial charge in [0, 0.05) is 28.8 Å². The molecule has 1 aliphatic rings. The first-order chi connectivity index (χ1) is 9.49. The van der Waals surface area contributed by atoms with Crippen LogP contribution in [0.25, 0.3) is 0 Å². The lowest BCUT2D eigenvalue weighted by atomic mass is 10.1. The maximum Gasteiger partial charge on any atom is 0.252 e. The molecule has 20 heavy (non-hydrogen) atoms. The van der Waals surface area contributed by atoms with Crippen molar-refractivity contribution in [1.82, 2.24) is 10.2 Å². The Morgan fingerprint density at radius 3 is 2.65 bits per heavy atom. The van der Waals surface area contributed by atoms with Crippen LogP contribution in [0.2, 0.25) is 0 Å². The molecule has 1 saturated heterocycles. The normalized spacial score (nSPS) is 14.4. The zero-order valence-corrected chi connectivity index (χ0v) is 13.0. The van der Waals surface area contributed by atoms with Crippen molar-refractivity contribution in [1.29, 1.82) is 0 Å². The van der Waals surface area contributed by atoms with Crippen molar-refractivity contribution in [2.75, 3.05) is 25.4 Å². The van der Waals surface area contributed by atoms with Crippen LogP contribution in [-0.4, -0.2) is 36.3 Å². The number of halogens is 1. The number of amides is 2. The molecule has 5 nitrogen and oxygen atoms in total. The van der Waals surface area contributed by atoms with Gasteiger partial charge in [-0.15, -0.1) is 0 Å². The smallest absolute Gasteiger partial charge is 0.252 e.